The van der Waals surface area contributed by atoms with Crippen LogP contribution in [-0.2, 0) is 4.79 Å². The second-order valence-corrected chi connectivity index (χ2v) is 3.67. The van der Waals surface area contributed by atoms with E-state index in [9.17, 15) is 4.79 Å². The summed E-state index contributed by atoms with van der Waals surface area (Å²) in [5, 5.41) is 14.3. The zero-order valence-corrected chi connectivity index (χ0v) is 10.3. The molecule has 0 saturated heterocycles. The van der Waals surface area contributed by atoms with Crippen LogP contribution in [0.3, 0.4) is 0 Å². The molecule has 1 unspecified atom stereocenters. The molecule has 6 heteroatoms. The molecule has 0 radical (unpaired) electrons. The molecule has 1 amide bonds. The van der Waals surface area contributed by atoms with Crippen LogP contribution in [0.1, 0.15) is 20.3 Å². The maximum absolute atomic E-state index is 11.7. The van der Waals surface area contributed by atoms with Crippen LogP contribution in [0, 0.1) is 11.3 Å². The van der Waals surface area contributed by atoms with Crippen molar-refractivity contribution in [2.75, 3.05) is 5.32 Å². The van der Waals surface area contributed by atoms with Gasteiger partial charge in [-0.05, 0) is 19.4 Å². The van der Waals surface area contributed by atoms with Crippen LogP contribution >= 0.6 is 0 Å². The maximum atomic E-state index is 11.7. The van der Waals surface area contributed by atoms with E-state index in [1.807, 2.05) is 19.9 Å². The van der Waals surface area contributed by atoms with Crippen LogP contribution < -0.4 is 10.6 Å². The first-order chi connectivity index (χ1) is 8.67. The summed E-state index contributed by atoms with van der Waals surface area (Å²) in [7, 11) is 0. The molecule has 1 aromatic rings. The van der Waals surface area contributed by atoms with Gasteiger partial charge in [0.1, 0.15) is 11.6 Å². The smallest absolute Gasteiger partial charge is 0.263 e. The Kier molecular flexibility index (Phi) is 5.32. The number of aromatic nitrogens is 2. The van der Waals surface area contributed by atoms with E-state index in [0.717, 1.165) is 6.42 Å². The lowest BCUT2D eigenvalue weighted by Gasteiger charge is -2.10. The fourth-order valence-corrected chi connectivity index (χ4v) is 1.06. The first kappa shape index (κ1) is 13.6. The minimum absolute atomic E-state index is 0.0113. The van der Waals surface area contributed by atoms with Gasteiger partial charge in [0.05, 0.1) is 0 Å². The van der Waals surface area contributed by atoms with Gasteiger partial charge in [0.25, 0.3) is 5.91 Å². The lowest BCUT2D eigenvalue weighted by molar-refractivity contribution is -0.117. The highest BCUT2D eigenvalue weighted by Crippen LogP contribution is 1.99. The first-order valence-electron chi connectivity index (χ1n) is 5.62. The van der Waals surface area contributed by atoms with Crippen LogP contribution in [0.5, 0.6) is 0 Å². The average molecular weight is 245 g/mol. The molecule has 1 aromatic heterocycles. The number of hydrogen-bond donors (Lipinski definition) is 2. The molecule has 0 fully saturated rings. The molecule has 0 aliphatic heterocycles. The third-order valence-electron chi connectivity index (χ3n) is 2.27. The predicted molar refractivity (Wildman–Crippen MR) is 67.2 cm³/mol. The Bertz CT molecular complexity index is 463. The van der Waals surface area contributed by atoms with Gasteiger partial charge in [-0.25, -0.2) is 9.97 Å². The lowest BCUT2D eigenvalue weighted by atomic mass is 10.2. The monoisotopic (exact) mass is 245 g/mol. The highest BCUT2D eigenvalue weighted by molar-refractivity contribution is 5.97. The van der Waals surface area contributed by atoms with Crippen LogP contribution in [0.4, 0.5) is 5.95 Å². The van der Waals surface area contributed by atoms with Crippen molar-refractivity contribution in [2.24, 2.45) is 0 Å². The summed E-state index contributed by atoms with van der Waals surface area (Å²) >= 11 is 0. The van der Waals surface area contributed by atoms with Gasteiger partial charge in [0.15, 0.2) is 0 Å². The van der Waals surface area contributed by atoms with Crippen LogP contribution in [0.2, 0.25) is 0 Å². The van der Waals surface area contributed by atoms with E-state index < -0.39 is 5.91 Å². The Hall–Kier alpha value is -2.42. The highest BCUT2D eigenvalue weighted by atomic mass is 16.1. The maximum Gasteiger partial charge on any atom is 0.263 e. The molecular weight excluding hydrogens is 230 g/mol. The van der Waals surface area contributed by atoms with E-state index >= 15 is 0 Å². The number of anilines is 1. The molecule has 0 aliphatic rings. The molecular formula is C12H15N5O. The third kappa shape index (κ3) is 4.22. The topological polar surface area (TPSA) is 90.7 Å². The van der Waals surface area contributed by atoms with E-state index in [-0.39, 0.29) is 11.6 Å². The van der Waals surface area contributed by atoms with E-state index in [4.69, 9.17) is 5.26 Å². The fraction of sp³-hybridized carbons (Fsp3) is 0.333. The van der Waals surface area contributed by atoms with Gasteiger partial charge in [0.2, 0.25) is 5.95 Å². The highest BCUT2D eigenvalue weighted by Gasteiger charge is 2.10. The normalized spacial score (nSPS) is 12.4. The molecule has 0 aromatic carbocycles. The number of amides is 1. The zero-order chi connectivity index (χ0) is 13.4. The number of hydrogen-bond acceptors (Lipinski definition) is 5. The summed E-state index contributed by atoms with van der Waals surface area (Å²) in [5.74, 6) is -0.0723. The molecule has 1 rings (SSSR count). The molecule has 0 bridgehead atoms. The van der Waals surface area contributed by atoms with Gasteiger partial charge in [-0.1, -0.05) is 6.92 Å². The molecule has 6 nitrogen and oxygen atoms in total. The number of rotatable bonds is 5. The summed E-state index contributed by atoms with van der Waals surface area (Å²) in [5.41, 5.74) is -0.0113. The minimum Gasteiger partial charge on any atom is -0.349 e. The molecule has 2 N–H and O–H groups in total. The van der Waals surface area contributed by atoms with Gasteiger partial charge >= 0.3 is 0 Å². The van der Waals surface area contributed by atoms with Crippen molar-refractivity contribution >= 4 is 11.9 Å². The fourth-order valence-electron chi connectivity index (χ4n) is 1.06. The molecule has 1 atom stereocenters. The Labute approximate surface area is 106 Å². The number of nitriles is 1. The van der Waals surface area contributed by atoms with Crippen molar-refractivity contribution in [2.45, 2.75) is 26.3 Å². The number of nitrogens with one attached hydrogen (secondary N) is 2. The largest absolute Gasteiger partial charge is 0.349 e. The molecule has 18 heavy (non-hydrogen) atoms. The van der Waals surface area contributed by atoms with E-state index in [0.29, 0.717) is 5.95 Å². The lowest BCUT2D eigenvalue weighted by Crippen LogP contribution is -2.33. The summed E-state index contributed by atoms with van der Waals surface area (Å²) in [6.07, 6.45) is 5.23. The van der Waals surface area contributed by atoms with Gasteiger partial charge in [-0.3, -0.25) is 4.79 Å². The first-order valence-corrected chi connectivity index (χ1v) is 5.62. The molecule has 0 aliphatic carbocycles. The minimum atomic E-state index is -0.407. The summed E-state index contributed by atoms with van der Waals surface area (Å²) in [6.45, 7) is 3.83. The second kappa shape index (κ2) is 7.01. The third-order valence-corrected chi connectivity index (χ3v) is 2.27. The van der Waals surface area contributed by atoms with Crippen LogP contribution in [0.15, 0.2) is 30.2 Å². The molecule has 0 spiro atoms. The zero-order valence-electron chi connectivity index (χ0n) is 10.3. The van der Waals surface area contributed by atoms with Crippen molar-refractivity contribution in [1.82, 2.24) is 15.3 Å². The van der Waals surface area contributed by atoms with E-state index in [1.165, 1.54) is 6.20 Å². The average Bonchev–Trinajstić information content (AvgIpc) is 2.40. The predicted octanol–water partition coefficient (Wildman–Crippen LogP) is 1.21. The van der Waals surface area contributed by atoms with Crippen LogP contribution in [0.25, 0.3) is 0 Å². The molecule has 1 heterocycles. The quantitative estimate of drug-likeness (QED) is 0.601. The van der Waals surface area contributed by atoms with Gasteiger partial charge < -0.3 is 10.6 Å². The molecule has 94 valence electrons. The Morgan fingerprint density at radius 3 is 2.78 bits per heavy atom. The number of carbonyl (C=O) groups is 1. The van der Waals surface area contributed by atoms with Crippen molar-refractivity contribution in [1.29, 1.82) is 5.26 Å². The van der Waals surface area contributed by atoms with Gasteiger partial charge in [-0.2, -0.15) is 5.26 Å². The summed E-state index contributed by atoms with van der Waals surface area (Å²) < 4.78 is 0. The Balaban J connectivity index is 2.66. The van der Waals surface area contributed by atoms with Gasteiger partial charge in [0, 0.05) is 24.6 Å². The van der Waals surface area contributed by atoms with Crippen LogP contribution in [-0.4, -0.2) is 21.9 Å². The standard InChI is InChI=1S/C12H15N5O/c1-3-9(2)17-11(18)10(7-13)8-16-12-14-5-4-6-15-12/h4-6,8-9H,3H2,1-2H3,(H,17,18)(H,14,15,16)/b10-8-. The Morgan fingerprint density at radius 1 is 1.56 bits per heavy atom. The SMILES string of the molecule is CCC(C)NC(=O)/C(C#N)=C\Nc1ncccn1. The van der Waals surface area contributed by atoms with Crippen molar-refractivity contribution < 1.29 is 4.79 Å². The number of nitrogens with zero attached hydrogens (tertiary/aromatic N) is 3. The van der Waals surface area contributed by atoms with Gasteiger partial charge in [-0.15, -0.1) is 0 Å². The number of carbonyl (C=O) groups excluding carboxylic acids is 1. The Morgan fingerprint density at radius 2 is 2.22 bits per heavy atom. The van der Waals surface area contributed by atoms with Crippen molar-refractivity contribution in [3.8, 4) is 6.07 Å². The summed E-state index contributed by atoms with van der Waals surface area (Å²) in [4.78, 5) is 19.5. The molecule has 0 saturated carbocycles. The van der Waals surface area contributed by atoms with E-state index in [1.54, 1.807) is 18.5 Å². The summed E-state index contributed by atoms with van der Waals surface area (Å²) in [6, 6.07) is 3.54. The second-order valence-electron chi connectivity index (χ2n) is 3.67. The van der Waals surface area contributed by atoms with Crippen molar-refractivity contribution in [3.63, 3.8) is 0 Å². The van der Waals surface area contributed by atoms with Crippen molar-refractivity contribution in [3.05, 3.63) is 30.2 Å². The van der Waals surface area contributed by atoms with E-state index in [2.05, 4.69) is 20.6 Å².